The van der Waals surface area contributed by atoms with E-state index in [4.69, 9.17) is 4.74 Å². The molecule has 3 aromatic rings. The Kier molecular flexibility index (Phi) is 7.45. The van der Waals surface area contributed by atoms with Gasteiger partial charge in [-0.2, -0.15) is 0 Å². The summed E-state index contributed by atoms with van der Waals surface area (Å²) < 4.78 is 5.61. The third kappa shape index (κ3) is 6.24. The van der Waals surface area contributed by atoms with Gasteiger partial charge in [0.05, 0.1) is 6.54 Å². The van der Waals surface area contributed by atoms with E-state index >= 15 is 0 Å². The lowest BCUT2D eigenvalue weighted by molar-refractivity contribution is -0.661. The van der Waals surface area contributed by atoms with Crippen LogP contribution in [0.3, 0.4) is 0 Å². The van der Waals surface area contributed by atoms with Crippen LogP contribution in [0.25, 0.3) is 0 Å². The molecule has 3 heteroatoms. The van der Waals surface area contributed by atoms with Crippen LogP contribution >= 0.6 is 0 Å². The summed E-state index contributed by atoms with van der Waals surface area (Å²) in [5.41, 5.74) is 2.68. The van der Waals surface area contributed by atoms with E-state index in [0.717, 1.165) is 18.7 Å². The number of hydrogen-bond donors (Lipinski definition) is 2. The average Bonchev–Trinajstić information content (AvgIpc) is 2.74. The van der Waals surface area contributed by atoms with E-state index < -0.39 is 6.10 Å². The van der Waals surface area contributed by atoms with Crippen molar-refractivity contribution in [3.63, 3.8) is 0 Å². The summed E-state index contributed by atoms with van der Waals surface area (Å²) in [5, 5.41) is 12.3. The van der Waals surface area contributed by atoms with E-state index in [2.05, 4.69) is 66.0 Å². The molecule has 0 fully saturated rings. The van der Waals surface area contributed by atoms with E-state index in [1.165, 1.54) is 11.1 Å². The van der Waals surface area contributed by atoms with Crippen LogP contribution in [-0.2, 0) is 0 Å². The minimum Gasteiger partial charge on any atom is -0.491 e. The largest absolute Gasteiger partial charge is 0.491 e. The van der Waals surface area contributed by atoms with Crippen molar-refractivity contribution in [3.05, 3.63) is 102 Å². The molecule has 0 saturated carbocycles. The van der Waals surface area contributed by atoms with Crippen LogP contribution in [0, 0.1) is 0 Å². The van der Waals surface area contributed by atoms with Crippen LogP contribution < -0.4 is 10.1 Å². The lowest BCUT2D eigenvalue weighted by atomic mass is 9.88. The average molecular weight is 362 g/mol. The first-order valence-corrected chi connectivity index (χ1v) is 9.60. The zero-order valence-electron chi connectivity index (χ0n) is 15.6. The molecule has 0 amide bonds. The fourth-order valence-corrected chi connectivity index (χ4v) is 3.27. The molecule has 27 heavy (non-hydrogen) atoms. The number of hydrogen-bond acceptors (Lipinski definition) is 2. The number of aliphatic hydroxyl groups is 1. The minimum atomic E-state index is -0.475. The van der Waals surface area contributed by atoms with Gasteiger partial charge in [-0.15, -0.1) is 0 Å². The first-order valence-electron chi connectivity index (χ1n) is 9.60. The summed E-state index contributed by atoms with van der Waals surface area (Å²) in [5.74, 6) is 1.17. The van der Waals surface area contributed by atoms with Crippen LogP contribution in [0.5, 0.6) is 5.75 Å². The highest BCUT2D eigenvalue weighted by Gasteiger charge is 2.15. The van der Waals surface area contributed by atoms with Crippen molar-refractivity contribution in [2.24, 2.45) is 0 Å². The Morgan fingerprint density at radius 3 is 1.81 bits per heavy atom. The number of quaternary nitrogens is 1. The Hall–Kier alpha value is -2.62. The van der Waals surface area contributed by atoms with Gasteiger partial charge in [0.15, 0.2) is 0 Å². The summed E-state index contributed by atoms with van der Waals surface area (Å²) in [4.78, 5) is 0. The van der Waals surface area contributed by atoms with Gasteiger partial charge in [-0.3, -0.25) is 0 Å². The highest BCUT2D eigenvalue weighted by Crippen LogP contribution is 2.26. The predicted molar refractivity (Wildman–Crippen MR) is 109 cm³/mol. The number of benzene rings is 3. The molecule has 3 rings (SSSR count). The minimum absolute atomic E-state index is 0.321. The van der Waals surface area contributed by atoms with Gasteiger partial charge < -0.3 is 15.2 Å². The Labute approximate surface area is 161 Å². The van der Waals surface area contributed by atoms with Crippen molar-refractivity contribution >= 4 is 0 Å². The fourth-order valence-electron chi connectivity index (χ4n) is 3.27. The molecule has 0 aromatic heterocycles. The molecular formula is C24H28NO2+. The van der Waals surface area contributed by atoms with Gasteiger partial charge in [-0.1, -0.05) is 78.9 Å². The van der Waals surface area contributed by atoms with Gasteiger partial charge in [-0.05, 0) is 23.3 Å². The van der Waals surface area contributed by atoms with Crippen molar-refractivity contribution in [2.75, 3.05) is 19.7 Å². The second kappa shape index (κ2) is 10.5. The molecule has 0 spiro atoms. The molecule has 0 heterocycles. The molecule has 140 valence electrons. The van der Waals surface area contributed by atoms with Crippen LogP contribution in [-0.4, -0.2) is 30.9 Å². The molecule has 3 N–H and O–H groups in total. The smallest absolute Gasteiger partial charge is 0.137 e. The highest BCUT2D eigenvalue weighted by atomic mass is 16.5. The first kappa shape index (κ1) is 19.2. The normalized spacial score (nSPS) is 12.1. The van der Waals surface area contributed by atoms with E-state index in [9.17, 15) is 5.11 Å². The third-order valence-electron chi connectivity index (χ3n) is 4.69. The summed E-state index contributed by atoms with van der Waals surface area (Å²) in [6.45, 7) is 1.92. The second-order valence-corrected chi connectivity index (χ2v) is 6.75. The van der Waals surface area contributed by atoms with Gasteiger partial charge in [0.2, 0.25) is 0 Å². The molecule has 0 saturated heterocycles. The molecule has 0 aliphatic rings. The summed E-state index contributed by atoms with van der Waals surface area (Å²) in [7, 11) is 0. The Morgan fingerprint density at radius 2 is 1.26 bits per heavy atom. The van der Waals surface area contributed by atoms with Crippen LogP contribution in [0.15, 0.2) is 91.0 Å². The Morgan fingerprint density at radius 1 is 0.741 bits per heavy atom. The SMILES string of the molecule is O[C@H](C[NH2+]CCC(c1ccccc1)c1ccccc1)COc1ccccc1. The van der Waals surface area contributed by atoms with Gasteiger partial charge >= 0.3 is 0 Å². The molecular weight excluding hydrogens is 334 g/mol. The molecule has 0 aliphatic carbocycles. The van der Waals surface area contributed by atoms with E-state index in [1.807, 2.05) is 30.3 Å². The van der Waals surface area contributed by atoms with Crippen LogP contribution in [0.1, 0.15) is 23.5 Å². The highest BCUT2D eigenvalue weighted by molar-refractivity contribution is 5.32. The zero-order valence-corrected chi connectivity index (χ0v) is 15.6. The van der Waals surface area contributed by atoms with Gasteiger partial charge in [0.25, 0.3) is 0 Å². The topological polar surface area (TPSA) is 46.1 Å². The lowest BCUT2D eigenvalue weighted by Gasteiger charge is -2.18. The second-order valence-electron chi connectivity index (χ2n) is 6.75. The Bertz CT molecular complexity index is 723. The predicted octanol–water partition coefficient (Wildman–Crippen LogP) is 3.21. The first-order chi connectivity index (χ1) is 13.3. The van der Waals surface area contributed by atoms with Crippen molar-refractivity contribution in [1.29, 1.82) is 0 Å². The van der Waals surface area contributed by atoms with E-state index in [-0.39, 0.29) is 0 Å². The molecule has 3 aromatic carbocycles. The van der Waals surface area contributed by atoms with Crippen molar-refractivity contribution < 1.29 is 15.2 Å². The van der Waals surface area contributed by atoms with E-state index in [0.29, 0.717) is 19.1 Å². The molecule has 0 aliphatic heterocycles. The van der Waals surface area contributed by atoms with Crippen LogP contribution in [0.2, 0.25) is 0 Å². The number of ether oxygens (including phenoxy) is 1. The quantitative estimate of drug-likeness (QED) is 0.544. The van der Waals surface area contributed by atoms with Gasteiger partial charge in [0, 0.05) is 12.3 Å². The number of para-hydroxylation sites is 1. The maximum atomic E-state index is 10.2. The van der Waals surface area contributed by atoms with Crippen molar-refractivity contribution in [3.8, 4) is 5.75 Å². The van der Waals surface area contributed by atoms with Gasteiger partial charge in [-0.25, -0.2) is 0 Å². The maximum absolute atomic E-state index is 10.2. The molecule has 0 bridgehead atoms. The summed E-state index contributed by atoms with van der Waals surface area (Å²) in [6, 6.07) is 30.9. The Balaban J connectivity index is 1.46. The fraction of sp³-hybridized carbons (Fsp3) is 0.250. The maximum Gasteiger partial charge on any atom is 0.137 e. The third-order valence-corrected chi connectivity index (χ3v) is 4.69. The molecule has 1 atom stereocenters. The molecule has 0 radical (unpaired) electrons. The summed E-state index contributed by atoms with van der Waals surface area (Å²) in [6.07, 6.45) is 0.553. The molecule has 0 unspecified atom stereocenters. The number of rotatable bonds is 10. The lowest BCUT2D eigenvalue weighted by Crippen LogP contribution is -2.86. The molecule has 3 nitrogen and oxygen atoms in total. The number of aliphatic hydroxyl groups excluding tert-OH is 1. The summed E-state index contributed by atoms with van der Waals surface area (Å²) >= 11 is 0. The van der Waals surface area contributed by atoms with Crippen molar-refractivity contribution in [2.45, 2.75) is 18.4 Å². The van der Waals surface area contributed by atoms with E-state index in [1.54, 1.807) is 0 Å². The van der Waals surface area contributed by atoms with Crippen LogP contribution in [0.4, 0.5) is 0 Å². The standard InChI is InChI=1S/C24H27NO2/c26-22(19-27-23-14-8-3-9-15-23)18-25-17-16-24(20-10-4-1-5-11-20)21-12-6-2-7-13-21/h1-15,22,24-26H,16-19H2/p+1/t22-/m1/s1. The zero-order chi connectivity index (χ0) is 18.7. The number of nitrogens with two attached hydrogens (primary N) is 1. The monoisotopic (exact) mass is 362 g/mol. The van der Waals surface area contributed by atoms with Crippen molar-refractivity contribution in [1.82, 2.24) is 0 Å². The van der Waals surface area contributed by atoms with Gasteiger partial charge in [0.1, 0.15) is 25.0 Å².